The lowest BCUT2D eigenvalue weighted by Crippen LogP contribution is -2.53. The number of phenolic OH excluding ortho intramolecular Hbond substituents is 1. The third-order valence-corrected chi connectivity index (χ3v) is 5.60. The fraction of sp³-hybridized carbons (Fsp3) is 0.556. The van der Waals surface area contributed by atoms with Gasteiger partial charge in [0, 0.05) is 19.6 Å². The zero-order valence-corrected chi connectivity index (χ0v) is 15.1. The van der Waals surface area contributed by atoms with Crippen LogP contribution in [-0.2, 0) is 4.79 Å². The van der Waals surface area contributed by atoms with E-state index in [-0.39, 0.29) is 24.3 Å². The lowest BCUT2D eigenvalue weighted by atomic mass is 9.85. The van der Waals surface area contributed by atoms with Crippen molar-refractivity contribution in [1.29, 1.82) is 0 Å². The molecule has 2 fully saturated rings. The van der Waals surface area contributed by atoms with Crippen LogP contribution in [0.1, 0.15) is 29.6 Å². The lowest BCUT2D eigenvalue weighted by molar-refractivity contribution is -0.334. The number of para-hydroxylation sites is 1. The summed E-state index contributed by atoms with van der Waals surface area (Å²) in [7, 11) is 0. The van der Waals surface area contributed by atoms with Crippen LogP contribution >= 0.6 is 0 Å². The Morgan fingerprint density at radius 2 is 1.66 bits per heavy atom. The van der Waals surface area contributed by atoms with Gasteiger partial charge in [0.25, 0.3) is 5.91 Å². The van der Waals surface area contributed by atoms with E-state index >= 15 is 0 Å². The topological polar surface area (TPSA) is 60.9 Å². The van der Waals surface area contributed by atoms with Crippen molar-refractivity contribution in [1.82, 2.24) is 9.80 Å². The van der Waals surface area contributed by atoms with Crippen LogP contribution in [0.25, 0.3) is 0 Å². The summed E-state index contributed by atoms with van der Waals surface area (Å²) in [5, 5.41) is 9.83. The van der Waals surface area contributed by atoms with E-state index in [0.29, 0.717) is 11.3 Å². The van der Waals surface area contributed by atoms with E-state index in [2.05, 4.69) is 0 Å². The van der Waals surface area contributed by atoms with Crippen molar-refractivity contribution < 1.29 is 41.0 Å². The Morgan fingerprint density at radius 1 is 1.03 bits per heavy atom. The van der Waals surface area contributed by atoms with E-state index in [1.807, 2.05) is 0 Å². The number of hydrogen-bond acceptors (Lipinski definition) is 3. The minimum Gasteiger partial charge on any atom is -0.507 e. The maximum Gasteiger partial charge on any atom is 0.404 e. The molecule has 5 nitrogen and oxygen atoms in total. The minimum absolute atomic E-state index is 0.0893. The first-order chi connectivity index (χ1) is 13.4. The number of hydrogen-bond donors (Lipinski definition) is 1. The van der Waals surface area contributed by atoms with Crippen LogP contribution in [0, 0.1) is 5.41 Å². The van der Waals surface area contributed by atoms with Gasteiger partial charge >= 0.3 is 12.4 Å². The molecule has 11 heteroatoms. The molecule has 2 amide bonds. The van der Waals surface area contributed by atoms with Crippen LogP contribution in [0.15, 0.2) is 24.3 Å². The third kappa shape index (κ3) is 3.51. The molecule has 0 radical (unpaired) electrons. The molecule has 0 unspecified atom stereocenters. The molecule has 2 aliphatic rings. The second-order valence-corrected chi connectivity index (χ2v) is 7.26. The first-order valence-corrected chi connectivity index (χ1v) is 8.90. The van der Waals surface area contributed by atoms with E-state index < -0.39 is 55.1 Å². The molecule has 0 aliphatic carbocycles. The maximum absolute atomic E-state index is 13.2. The quantitative estimate of drug-likeness (QED) is 0.741. The molecule has 0 saturated carbocycles. The van der Waals surface area contributed by atoms with Crippen LogP contribution in [0.2, 0.25) is 0 Å². The van der Waals surface area contributed by atoms with Gasteiger partial charge in [0.2, 0.25) is 5.91 Å². The van der Waals surface area contributed by atoms with Gasteiger partial charge in [-0.15, -0.1) is 0 Å². The molecule has 0 spiro atoms. The average molecular weight is 424 g/mol. The second kappa shape index (κ2) is 7.10. The van der Waals surface area contributed by atoms with Crippen molar-refractivity contribution in [2.45, 2.75) is 37.7 Å². The highest BCUT2D eigenvalue weighted by molar-refractivity contribution is 6.00. The molecule has 1 aromatic rings. The first-order valence-electron chi connectivity index (χ1n) is 8.90. The number of likely N-dealkylation sites (tertiary alicyclic amines) is 2. The van der Waals surface area contributed by atoms with E-state index in [1.165, 1.54) is 24.3 Å². The lowest BCUT2D eigenvalue weighted by Gasteiger charge is -2.34. The van der Waals surface area contributed by atoms with Crippen molar-refractivity contribution in [3.05, 3.63) is 29.8 Å². The molecular formula is C18H18F6N2O3. The van der Waals surface area contributed by atoms with Crippen LogP contribution in [0.5, 0.6) is 5.75 Å². The first kappa shape index (κ1) is 21.3. The summed E-state index contributed by atoms with van der Waals surface area (Å²) in [4.78, 5) is 27.1. The second-order valence-electron chi connectivity index (χ2n) is 7.26. The van der Waals surface area contributed by atoms with Gasteiger partial charge in [0.1, 0.15) is 11.8 Å². The van der Waals surface area contributed by atoms with Gasteiger partial charge in [-0.3, -0.25) is 9.59 Å². The van der Waals surface area contributed by atoms with Crippen molar-refractivity contribution in [3.8, 4) is 5.75 Å². The van der Waals surface area contributed by atoms with Crippen molar-refractivity contribution in [2.24, 2.45) is 5.41 Å². The average Bonchev–Trinajstić information content (AvgIpc) is 3.28. The molecule has 29 heavy (non-hydrogen) atoms. The number of carbonyl (C=O) groups excluding carboxylic acids is 2. The van der Waals surface area contributed by atoms with Gasteiger partial charge in [-0.25, -0.2) is 0 Å². The highest BCUT2D eigenvalue weighted by atomic mass is 19.4. The number of amides is 2. The van der Waals surface area contributed by atoms with Crippen LogP contribution in [0.3, 0.4) is 0 Å². The highest BCUT2D eigenvalue weighted by Gasteiger charge is 2.73. The molecule has 3 rings (SSSR count). The van der Waals surface area contributed by atoms with Gasteiger partial charge in [-0.1, -0.05) is 12.1 Å². The predicted octanol–water partition coefficient (Wildman–Crippen LogP) is 3.34. The van der Waals surface area contributed by atoms with E-state index in [4.69, 9.17) is 0 Å². The number of halogens is 6. The Bertz CT molecular complexity index is 794. The fourth-order valence-corrected chi connectivity index (χ4v) is 3.91. The maximum atomic E-state index is 13.2. The van der Waals surface area contributed by atoms with Gasteiger partial charge in [0.05, 0.1) is 5.56 Å². The molecule has 1 atom stereocenters. The highest BCUT2D eigenvalue weighted by Crippen LogP contribution is 2.55. The summed E-state index contributed by atoms with van der Waals surface area (Å²) in [6.45, 7) is -2.11. The summed E-state index contributed by atoms with van der Waals surface area (Å²) in [5.41, 5.74) is -4.06. The molecule has 2 aliphatic heterocycles. The molecule has 1 N–H and O–H groups in total. The van der Waals surface area contributed by atoms with E-state index in [1.54, 1.807) is 0 Å². The smallest absolute Gasteiger partial charge is 0.404 e. The Morgan fingerprint density at radius 3 is 2.21 bits per heavy atom. The largest absolute Gasteiger partial charge is 0.507 e. The summed E-state index contributed by atoms with van der Waals surface area (Å²) >= 11 is 0. The zero-order valence-electron chi connectivity index (χ0n) is 15.1. The number of alkyl halides is 6. The van der Waals surface area contributed by atoms with Gasteiger partial charge in [0.15, 0.2) is 5.41 Å². The molecule has 0 bridgehead atoms. The summed E-state index contributed by atoms with van der Waals surface area (Å²) in [5.74, 6) is -1.97. The number of benzene rings is 1. The summed E-state index contributed by atoms with van der Waals surface area (Å²) in [6.07, 6.45) is -11.9. The number of nitrogens with zero attached hydrogens (tertiary/aromatic N) is 2. The number of rotatable bonds is 2. The Kier molecular flexibility index (Phi) is 5.20. The Labute approximate surface area is 161 Å². The Balaban J connectivity index is 1.82. The third-order valence-electron chi connectivity index (χ3n) is 5.60. The molecule has 2 heterocycles. The number of aromatic hydroxyl groups is 1. The summed E-state index contributed by atoms with van der Waals surface area (Å²) < 4.78 is 79.5. The monoisotopic (exact) mass is 424 g/mol. The normalized spacial score (nSPS) is 22.2. The molecule has 160 valence electrons. The van der Waals surface area contributed by atoms with Gasteiger partial charge in [-0.05, 0) is 31.4 Å². The van der Waals surface area contributed by atoms with Crippen molar-refractivity contribution in [2.75, 3.05) is 19.6 Å². The van der Waals surface area contributed by atoms with Crippen molar-refractivity contribution >= 4 is 11.8 Å². The van der Waals surface area contributed by atoms with E-state index in [0.717, 1.165) is 4.90 Å². The number of carbonyl (C=O) groups is 2. The summed E-state index contributed by atoms with van der Waals surface area (Å²) in [6, 6.07) is 4.39. The van der Waals surface area contributed by atoms with E-state index in [9.17, 15) is 41.0 Å². The van der Waals surface area contributed by atoms with Crippen LogP contribution in [0.4, 0.5) is 26.3 Å². The van der Waals surface area contributed by atoms with Crippen molar-refractivity contribution in [3.63, 3.8) is 0 Å². The standard InChI is InChI=1S/C18H18F6N2O3/c19-17(20,21)16(18(22,23)24)7-9-25(10-16)15(29)12-5-3-8-26(12)14(28)11-4-1-2-6-13(11)27/h1-2,4,6,12,27H,3,5,7-10H2/t12-/m0/s1. The molecule has 2 saturated heterocycles. The SMILES string of the molecule is O=C([C@@H]1CCCN1C(=O)c1ccccc1O)N1CCC(C(F)(F)F)(C(F)(F)F)C1. The van der Waals surface area contributed by atoms with Crippen LogP contribution < -0.4 is 0 Å². The van der Waals surface area contributed by atoms with Gasteiger partial charge < -0.3 is 14.9 Å². The van der Waals surface area contributed by atoms with Gasteiger partial charge in [-0.2, -0.15) is 26.3 Å². The molecule has 1 aromatic carbocycles. The molecular weight excluding hydrogens is 406 g/mol. The number of phenols is 1. The predicted molar refractivity (Wildman–Crippen MR) is 87.9 cm³/mol. The Hall–Kier alpha value is -2.46. The van der Waals surface area contributed by atoms with Crippen LogP contribution in [-0.4, -0.2) is 64.7 Å². The minimum atomic E-state index is -5.55. The zero-order chi connectivity index (χ0) is 21.6. The fourth-order valence-electron chi connectivity index (χ4n) is 3.91. The molecule has 0 aromatic heterocycles.